The second-order valence-electron chi connectivity index (χ2n) is 6.95. The predicted octanol–water partition coefficient (Wildman–Crippen LogP) is 4.82. The Bertz CT molecular complexity index is 1040. The molecule has 0 spiro atoms. The number of aromatic nitrogens is 2. The lowest BCUT2D eigenvalue weighted by atomic mass is 9.96. The van der Waals surface area contributed by atoms with Gasteiger partial charge in [-0.1, -0.05) is 49.9 Å². The van der Waals surface area contributed by atoms with E-state index in [9.17, 15) is 4.79 Å². The third kappa shape index (κ3) is 3.37. The molecule has 0 aliphatic carbocycles. The van der Waals surface area contributed by atoms with Crippen LogP contribution in [0.1, 0.15) is 24.3 Å². The Morgan fingerprint density at radius 2 is 2.19 bits per heavy atom. The van der Waals surface area contributed by atoms with E-state index in [1.807, 2.05) is 36.4 Å². The second kappa shape index (κ2) is 7.62. The van der Waals surface area contributed by atoms with E-state index in [2.05, 4.69) is 20.4 Å². The number of rotatable bonds is 5. The smallest absolute Gasteiger partial charge is 0.267 e. The van der Waals surface area contributed by atoms with Gasteiger partial charge in [-0.05, 0) is 23.6 Å². The van der Waals surface area contributed by atoms with Gasteiger partial charge in [0.25, 0.3) is 5.56 Å². The van der Waals surface area contributed by atoms with Crippen molar-refractivity contribution in [2.75, 3.05) is 5.75 Å². The number of thioether (sulfide) groups is 1. The molecule has 3 aromatic rings. The number of ether oxygens (including phenoxy) is 1. The fraction of sp³-hybridized carbons (Fsp3) is 0.333. The van der Waals surface area contributed by atoms with Crippen molar-refractivity contribution in [2.45, 2.75) is 38.1 Å². The lowest BCUT2D eigenvalue weighted by molar-refractivity contribution is 0.00200. The van der Waals surface area contributed by atoms with Crippen molar-refractivity contribution in [3.63, 3.8) is 0 Å². The number of nitrogens with zero attached hydrogens (tertiary/aromatic N) is 2. The van der Waals surface area contributed by atoms with E-state index in [1.165, 1.54) is 11.8 Å². The zero-order valence-electron chi connectivity index (χ0n) is 15.5. The average Bonchev–Trinajstić information content (AvgIpc) is 3.04. The summed E-state index contributed by atoms with van der Waals surface area (Å²) in [4.78, 5) is 20.4. The number of fused-ring (bicyclic) bond motifs is 3. The van der Waals surface area contributed by atoms with Crippen LogP contribution < -0.4 is 5.56 Å². The molecular formula is C21H22N2O2S2. The number of hydrogen-bond donors (Lipinski definition) is 0. The van der Waals surface area contributed by atoms with Gasteiger partial charge in [0, 0.05) is 17.1 Å². The first kappa shape index (κ1) is 18.5. The number of benzene rings is 1. The fourth-order valence-electron chi connectivity index (χ4n) is 3.37. The van der Waals surface area contributed by atoms with Gasteiger partial charge >= 0.3 is 0 Å². The molecule has 1 aliphatic heterocycles. The first-order chi connectivity index (χ1) is 13.1. The average molecular weight is 399 g/mol. The van der Waals surface area contributed by atoms with Crippen LogP contribution in [0.2, 0.25) is 0 Å². The van der Waals surface area contributed by atoms with E-state index in [1.54, 1.807) is 15.9 Å². The Balaban J connectivity index is 1.95. The second-order valence-corrected chi connectivity index (χ2v) is 9.02. The van der Waals surface area contributed by atoms with Gasteiger partial charge in [0.1, 0.15) is 4.83 Å². The van der Waals surface area contributed by atoms with Gasteiger partial charge in [-0.3, -0.25) is 9.36 Å². The first-order valence-electron chi connectivity index (χ1n) is 9.08. The highest BCUT2D eigenvalue weighted by Crippen LogP contribution is 2.36. The standard InChI is InChI=1S/C21H22N2O2S2/c1-4-10-26-21-22-19-18(20(24)23(21)14-8-6-5-7-9-14)15-11-16(13(2)3)25-12-17(15)27-19/h4-9,13,16H,1,10-12H2,2-3H3/t16-/m0/s1. The molecule has 0 saturated heterocycles. The molecule has 0 amide bonds. The summed E-state index contributed by atoms with van der Waals surface area (Å²) in [5.74, 6) is 1.12. The Morgan fingerprint density at radius 3 is 2.89 bits per heavy atom. The van der Waals surface area contributed by atoms with Crippen molar-refractivity contribution in [2.24, 2.45) is 5.92 Å². The quantitative estimate of drug-likeness (QED) is 0.351. The molecular weight excluding hydrogens is 376 g/mol. The van der Waals surface area contributed by atoms with E-state index in [-0.39, 0.29) is 11.7 Å². The number of thiophene rings is 1. The molecule has 6 heteroatoms. The van der Waals surface area contributed by atoms with Crippen LogP contribution in [0.3, 0.4) is 0 Å². The molecule has 2 aromatic heterocycles. The van der Waals surface area contributed by atoms with Crippen LogP contribution in [0, 0.1) is 5.92 Å². The Morgan fingerprint density at radius 1 is 1.41 bits per heavy atom. The van der Waals surface area contributed by atoms with Crippen LogP contribution in [-0.2, 0) is 17.8 Å². The maximum absolute atomic E-state index is 13.6. The first-order valence-corrected chi connectivity index (χ1v) is 10.9. The minimum Gasteiger partial charge on any atom is -0.372 e. The van der Waals surface area contributed by atoms with Crippen molar-refractivity contribution >= 4 is 33.3 Å². The molecule has 4 rings (SSSR count). The molecule has 1 aliphatic rings. The lowest BCUT2D eigenvalue weighted by Gasteiger charge is -2.26. The van der Waals surface area contributed by atoms with Crippen molar-refractivity contribution < 1.29 is 4.74 Å². The van der Waals surface area contributed by atoms with Gasteiger partial charge in [-0.15, -0.1) is 17.9 Å². The summed E-state index contributed by atoms with van der Waals surface area (Å²) in [7, 11) is 0. The fourth-order valence-corrected chi connectivity index (χ4v) is 5.28. The summed E-state index contributed by atoms with van der Waals surface area (Å²) in [5.41, 5.74) is 1.98. The molecule has 27 heavy (non-hydrogen) atoms. The highest BCUT2D eigenvalue weighted by Gasteiger charge is 2.28. The molecule has 4 nitrogen and oxygen atoms in total. The SMILES string of the molecule is C=CCSc1nc2sc3c(c2c(=O)n1-c1ccccc1)C[C@@H](C(C)C)OC3. The van der Waals surface area contributed by atoms with Gasteiger partial charge in [0.15, 0.2) is 5.16 Å². The van der Waals surface area contributed by atoms with Crippen LogP contribution in [0.15, 0.2) is 52.9 Å². The monoisotopic (exact) mass is 398 g/mol. The van der Waals surface area contributed by atoms with E-state index in [4.69, 9.17) is 9.72 Å². The van der Waals surface area contributed by atoms with Crippen LogP contribution >= 0.6 is 23.1 Å². The van der Waals surface area contributed by atoms with Gasteiger partial charge in [-0.25, -0.2) is 4.98 Å². The lowest BCUT2D eigenvalue weighted by Crippen LogP contribution is -2.28. The molecule has 1 aromatic carbocycles. The van der Waals surface area contributed by atoms with Gasteiger partial charge < -0.3 is 4.74 Å². The van der Waals surface area contributed by atoms with Crippen molar-refractivity contribution in [3.05, 3.63) is 63.8 Å². The van der Waals surface area contributed by atoms with E-state index in [0.29, 0.717) is 23.4 Å². The third-order valence-electron chi connectivity index (χ3n) is 4.80. The van der Waals surface area contributed by atoms with Crippen LogP contribution in [0.4, 0.5) is 0 Å². The summed E-state index contributed by atoms with van der Waals surface area (Å²) in [6.45, 7) is 8.68. The highest BCUT2D eigenvalue weighted by atomic mass is 32.2. The molecule has 0 fully saturated rings. The predicted molar refractivity (Wildman–Crippen MR) is 113 cm³/mol. The van der Waals surface area contributed by atoms with Gasteiger partial charge in [0.2, 0.25) is 0 Å². The Kier molecular flexibility index (Phi) is 5.21. The van der Waals surface area contributed by atoms with E-state index >= 15 is 0 Å². The van der Waals surface area contributed by atoms with Crippen LogP contribution in [0.5, 0.6) is 0 Å². The van der Waals surface area contributed by atoms with Crippen LogP contribution in [0.25, 0.3) is 15.9 Å². The van der Waals surface area contributed by atoms with Gasteiger partial charge in [0.05, 0.1) is 23.8 Å². The maximum atomic E-state index is 13.6. The Labute approximate surface area is 166 Å². The third-order valence-corrected chi connectivity index (χ3v) is 6.83. The molecule has 0 radical (unpaired) electrons. The van der Waals surface area contributed by atoms with Crippen molar-refractivity contribution in [1.82, 2.24) is 9.55 Å². The Hall–Kier alpha value is -1.89. The normalized spacial score (nSPS) is 16.6. The molecule has 0 unspecified atom stereocenters. The summed E-state index contributed by atoms with van der Waals surface area (Å²) in [6, 6.07) is 9.74. The van der Waals surface area contributed by atoms with Gasteiger partial charge in [-0.2, -0.15) is 0 Å². The molecule has 0 bridgehead atoms. The maximum Gasteiger partial charge on any atom is 0.267 e. The largest absolute Gasteiger partial charge is 0.372 e. The summed E-state index contributed by atoms with van der Waals surface area (Å²) in [6.07, 6.45) is 2.75. The molecule has 0 saturated carbocycles. The number of para-hydroxylation sites is 1. The number of hydrogen-bond acceptors (Lipinski definition) is 5. The summed E-state index contributed by atoms with van der Waals surface area (Å²) >= 11 is 3.12. The van der Waals surface area contributed by atoms with E-state index in [0.717, 1.165) is 32.8 Å². The molecule has 3 heterocycles. The van der Waals surface area contributed by atoms with Crippen LogP contribution in [-0.4, -0.2) is 21.4 Å². The zero-order chi connectivity index (χ0) is 19.0. The zero-order valence-corrected chi connectivity index (χ0v) is 17.1. The highest BCUT2D eigenvalue weighted by molar-refractivity contribution is 7.99. The minimum atomic E-state index is 0.0136. The summed E-state index contributed by atoms with van der Waals surface area (Å²) < 4.78 is 7.74. The van der Waals surface area contributed by atoms with Crippen molar-refractivity contribution in [3.8, 4) is 5.69 Å². The van der Waals surface area contributed by atoms with E-state index < -0.39 is 0 Å². The topological polar surface area (TPSA) is 44.1 Å². The molecule has 0 N–H and O–H groups in total. The van der Waals surface area contributed by atoms with Crippen molar-refractivity contribution in [1.29, 1.82) is 0 Å². The minimum absolute atomic E-state index is 0.0136. The summed E-state index contributed by atoms with van der Waals surface area (Å²) in [5, 5.41) is 1.47. The molecule has 140 valence electrons. The molecule has 1 atom stereocenters.